The number of nitrogens with zero attached hydrogens (tertiary/aromatic N) is 1. The molecule has 0 aliphatic carbocycles. The minimum absolute atomic E-state index is 0.235. The van der Waals surface area contributed by atoms with E-state index in [9.17, 15) is 17.6 Å². The van der Waals surface area contributed by atoms with E-state index in [2.05, 4.69) is 0 Å². The summed E-state index contributed by atoms with van der Waals surface area (Å²) in [4.78, 5) is 10.3. The summed E-state index contributed by atoms with van der Waals surface area (Å²) in [6, 6.07) is 5.03. The maximum atomic E-state index is 13.0. The Bertz CT molecular complexity index is 604. The molecular formula is C11H10FNO4S. The second kappa shape index (κ2) is 5.60. The van der Waals surface area contributed by atoms with Crippen LogP contribution in [0.2, 0.25) is 0 Å². The number of carboxylic acid groups (broad SMARTS) is 1. The number of hydrogen-bond acceptors (Lipinski definition) is 4. The molecule has 0 atom stereocenters. The van der Waals surface area contributed by atoms with Crippen LogP contribution in [0.3, 0.4) is 0 Å². The number of benzene rings is 1. The smallest absolute Gasteiger partial charge is 0.304 e. The van der Waals surface area contributed by atoms with Gasteiger partial charge in [0, 0.05) is 0 Å². The molecule has 0 heterocycles. The quantitative estimate of drug-likeness (QED) is 0.864. The Morgan fingerprint density at radius 2 is 2.11 bits per heavy atom. The topological polar surface area (TPSA) is 95.2 Å². The van der Waals surface area contributed by atoms with Crippen molar-refractivity contribution < 1.29 is 22.7 Å². The standard InChI is InChI=1S/C11H10FNO4S/c12-10-2-1-8(5-9(10)6-13)7-18(16,17)4-3-11(14)15/h1-2,5H,3-4,7H2,(H,14,15). The molecule has 5 nitrogen and oxygen atoms in total. The van der Waals surface area contributed by atoms with Crippen LogP contribution < -0.4 is 0 Å². The van der Waals surface area contributed by atoms with Crippen LogP contribution >= 0.6 is 0 Å². The minimum Gasteiger partial charge on any atom is -0.481 e. The highest BCUT2D eigenvalue weighted by molar-refractivity contribution is 7.90. The monoisotopic (exact) mass is 271 g/mol. The van der Waals surface area contributed by atoms with Gasteiger partial charge in [-0.15, -0.1) is 0 Å². The van der Waals surface area contributed by atoms with Crippen LogP contribution in [0.5, 0.6) is 0 Å². The van der Waals surface area contributed by atoms with Crippen LogP contribution in [0.25, 0.3) is 0 Å². The van der Waals surface area contributed by atoms with E-state index < -0.39 is 39.6 Å². The van der Waals surface area contributed by atoms with Gasteiger partial charge in [-0.1, -0.05) is 6.07 Å². The van der Waals surface area contributed by atoms with Gasteiger partial charge in [-0.2, -0.15) is 5.26 Å². The Balaban J connectivity index is 2.85. The molecule has 0 fully saturated rings. The molecule has 0 spiro atoms. The maximum absolute atomic E-state index is 13.0. The molecule has 0 unspecified atom stereocenters. The number of carboxylic acids is 1. The molecule has 1 rings (SSSR count). The highest BCUT2D eigenvalue weighted by Crippen LogP contribution is 2.13. The van der Waals surface area contributed by atoms with Gasteiger partial charge in [0.15, 0.2) is 9.84 Å². The fourth-order valence-corrected chi connectivity index (χ4v) is 2.63. The van der Waals surface area contributed by atoms with Crippen molar-refractivity contribution in [2.75, 3.05) is 5.75 Å². The predicted octanol–water partition coefficient (Wildman–Crippen LogP) is 1.09. The molecule has 7 heteroatoms. The Morgan fingerprint density at radius 3 is 2.67 bits per heavy atom. The summed E-state index contributed by atoms with van der Waals surface area (Å²) in [6.07, 6.45) is -0.478. The highest BCUT2D eigenvalue weighted by Gasteiger charge is 2.15. The molecule has 1 N–H and O–H groups in total. The lowest BCUT2D eigenvalue weighted by atomic mass is 10.1. The summed E-state index contributed by atoms with van der Waals surface area (Å²) in [5.74, 6) is -2.81. The molecule has 0 aliphatic heterocycles. The molecule has 0 aliphatic rings. The van der Waals surface area contributed by atoms with Crippen LogP contribution in [0.4, 0.5) is 4.39 Å². The van der Waals surface area contributed by atoms with Crippen LogP contribution in [0.1, 0.15) is 17.5 Å². The number of aliphatic carboxylic acids is 1. The van der Waals surface area contributed by atoms with Crippen LogP contribution in [-0.4, -0.2) is 25.2 Å². The van der Waals surface area contributed by atoms with E-state index in [0.717, 1.165) is 12.1 Å². The lowest BCUT2D eigenvalue weighted by Crippen LogP contribution is -2.13. The van der Waals surface area contributed by atoms with E-state index >= 15 is 0 Å². The molecule has 1 aromatic carbocycles. The van der Waals surface area contributed by atoms with Crippen LogP contribution in [-0.2, 0) is 20.4 Å². The van der Waals surface area contributed by atoms with Gasteiger partial charge in [0.1, 0.15) is 11.9 Å². The summed E-state index contributed by atoms with van der Waals surface area (Å²) in [5, 5.41) is 17.0. The Morgan fingerprint density at radius 1 is 1.44 bits per heavy atom. The fourth-order valence-electron chi connectivity index (χ4n) is 1.32. The van der Waals surface area contributed by atoms with Gasteiger partial charge in [-0.05, 0) is 17.7 Å². The first-order valence-corrected chi connectivity index (χ1v) is 6.77. The zero-order chi connectivity index (χ0) is 13.8. The predicted molar refractivity (Wildman–Crippen MR) is 60.9 cm³/mol. The van der Waals surface area contributed by atoms with Crippen molar-refractivity contribution in [3.05, 3.63) is 35.1 Å². The van der Waals surface area contributed by atoms with Gasteiger partial charge in [0.2, 0.25) is 0 Å². The Kier molecular flexibility index (Phi) is 4.39. The fraction of sp³-hybridized carbons (Fsp3) is 0.273. The van der Waals surface area contributed by atoms with Crippen molar-refractivity contribution in [1.29, 1.82) is 5.26 Å². The minimum atomic E-state index is -3.58. The number of carbonyl (C=O) groups is 1. The van der Waals surface area contributed by atoms with Gasteiger partial charge in [0.25, 0.3) is 0 Å². The molecule has 0 saturated heterocycles. The molecule has 18 heavy (non-hydrogen) atoms. The van der Waals surface area contributed by atoms with Crippen molar-refractivity contribution >= 4 is 15.8 Å². The Labute approximate surface area is 103 Å². The number of hydrogen-bond donors (Lipinski definition) is 1. The molecule has 0 amide bonds. The second-order valence-corrected chi connectivity index (χ2v) is 5.85. The summed E-state index contributed by atoms with van der Waals surface area (Å²) in [6.45, 7) is 0. The summed E-state index contributed by atoms with van der Waals surface area (Å²) >= 11 is 0. The van der Waals surface area contributed by atoms with Crippen LogP contribution in [0, 0.1) is 17.1 Å². The average Bonchev–Trinajstić information content (AvgIpc) is 2.29. The third kappa shape index (κ3) is 4.14. The largest absolute Gasteiger partial charge is 0.481 e. The molecule has 0 aromatic heterocycles. The summed E-state index contributed by atoms with van der Waals surface area (Å²) in [7, 11) is -3.58. The SMILES string of the molecule is N#Cc1cc(CS(=O)(=O)CCC(=O)O)ccc1F. The zero-order valence-electron chi connectivity index (χ0n) is 9.26. The van der Waals surface area contributed by atoms with Gasteiger partial charge < -0.3 is 5.11 Å². The van der Waals surface area contributed by atoms with E-state index in [1.165, 1.54) is 6.07 Å². The lowest BCUT2D eigenvalue weighted by Gasteiger charge is -2.04. The van der Waals surface area contributed by atoms with Crippen molar-refractivity contribution in [2.24, 2.45) is 0 Å². The normalized spacial score (nSPS) is 10.9. The van der Waals surface area contributed by atoms with E-state index in [-0.39, 0.29) is 11.1 Å². The molecular weight excluding hydrogens is 261 g/mol. The average molecular weight is 271 g/mol. The van der Waals surface area contributed by atoms with Crippen molar-refractivity contribution in [3.8, 4) is 6.07 Å². The maximum Gasteiger partial charge on any atom is 0.304 e. The zero-order valence-corrected chi connectivity index (χ0v) is 10.1. The lowest BCUT2D eigenvalue weighted by molar-refractivity contribution is -0.136. The van der Waals surface area contributed by atoms with Crippen molar-refractivity contribution in [3.63, 3.8) is 0 Å². The molecule has 0 radical (unpaired) electrons. The van der Waals surface area contributed by atoms with Gasteiger partial charge in [0.05, 0.1) is 23.5 Å². The van der Waals surface area contributed by atoms with E-state index in [1.54, 1.807) is 6.07 Å². The number of nitriles is 1. The van der Waals surface area contributed by atoms with Gasteiger partial charge in [-0.25, -0.2) is 12.8 Å². The van der Waals surface area contributed by atoms with E-state index in [1.807, 2.05) is 0 Å². The number of rotatable bonds is 5. The first-order valence-electron chi connectivity index (χ1n) is 4.95. The molecule has 96 valence electrons. The summed E-state index contributed by atoms with van der Waals surface area (Å²) in [5.41, 5.74) is 0.0271. The first kappa shape index (κ1) is 14.1. The van der Waals surface area contributed by atoms with Crippen molar-refractivity contribution in [2.45, 2.75) is 12.2 Å². The van der Waals surface area contributed by atoms with Crippen LogP contribution in [0.15, 0.2) is 18.2 Å². The van der Waals surface area contributed by atoms with Gasteiger partial charge >= 0.3 is 5.97 Å². The number of halogens is 1. The van der Waals surface area contributed by atoms with E-state index in [0.29, 0.717) is 0 Å². The third-order valence-corrected chi connectivity index (χ3v) is 3.76. The molecule has 0 saturated carbocycles. The second-order valence-electron chi connectivity index (χ2n) is 3.66. The number of sulfone groups is 1. The summed E-state index contributed by atoms with van der Waals surface area (Å²) < 4.78 is 36.1. The van der Waals surface area contributed by atoms with E-state index in [4.69, 9.17) is 10.4 Å². The Hall–Kier alpha value is -1.94. The molecule has 1 aromatic rings. The first-order chi connectivity index (χ1) is 8.34. The van der Waals surface area contributed by atoms with Crippen molar-refractivity contribution in [1.82, 2.24) is 0 Å². The highest BCUT2D eigenvalue weighted by atomic mass is 32.2. The third-order valence-electron chi connectivity index (χ3n) is 2.16. The molecule has 0 bridgehead atoms. The van der Waals surface area contributed by atoms with Gasteiger partial charge in [-0.3, -0.25) is 4.79 Å².